The quantitative estimate of drug-likeness (QED) is 0.893. The monoisotopic (exact) mass is 344 g/mol. The van der Waals surface area contributed by atoms with Crippen molar-refractivity contribution in [1.82, 2.24) is 10.2 Å². The van der Waals surface area contributed by atoms with Crippen LogP contribution >= 0.6 is 0 Å². The number of carbonyl (C=O) groups excluding carboxylic acids is 2. The third-order valence-electron chi connectivity index (χ3n) is 3.76. The van der Waals surface area contributed by atoms with Crippen LogP contribution in [0.15, 0.2) is 30.3 Å². The third-order valence-corrected chi connectivity index (χ3v) is 3.76. The van der Waals surface area contributed by atoms with E-state index in [-0.39, 0.29) is 18.5 Å². The highest BCUT2D eigenvalue weighted by atomic mass is 19.4. The van der Waals surface area contributed by atoms with E-state index in [0.717, 1.165) is 18.4 Å². The minimum Gasteiger partial charge on any atom is -0.440 e. The van der Waals surface area contributed by atoms with Crippen molar-refractivity contribution >= 4 is 12.0 Å². The van der Waals surface area contributed by atoms with Gasteiger partial charge in [-0.15, -0.1) is 0 Å². The molecule has 5 nitrogen and oxygen atoms in total. The van der Waals surface area contributed by atoms with E-state index < -0.39 is 18.9 Å². The number of hydrogen-bond acceptors (Lipinski definition) is 3. The van der Waals surface area contributed by atoms with Crippen molar-refractivity contribution in [2.45, 2.75) is 31.5 Å². The number of nitrogens with zero attached hydrogens (tertiary/aromatic N) is 1. The van der Waals surface area contributed by atoms with Crippen molar-refractivity contribution in [1.29, 1.82) is 0 Å². The van der Waals surface area contributed by atoms with Crippen LogP contribution in [0.1, 0.15) is 18.4 Å². The fourth-order valence-electron chi connectivity index (χ4n) is 2.71. The number of rotatable bonds is 5. The van der Waals surface area contributed by atoms with Crippen LogP contribution in [-0.2, 0) is 16.0 Å². The molecular weight excluding hydrogens is 325 g/mol. The second-order valence-corrected chi connectivity index (χ2v) is 5.62. The van der Waals surface area contributed by atoms with Gasteiger partial charge in [-0.3, -0.25) is 4.79 Å². The van der Waals surface area contributed by atoms with E-state index in [4.69, 9.17) is 0 Å². The van der Waals surface area contributed by atoms with Gasteiger partial charge < -0.3 is 15.0 Å². The Morgan fingerprint density at radius 1 is 1.25 bits per heavy atom. The van der Waals surface area contributed by atoms with Gasteiger partial charge in [0.25, 0.3) is 0 Å². The van der Waals surface area contributed by atoms with Crippen LogP contribution in [0.25, 0.3) is 0 Å². The first kappa shape index (κ1) is 18.1. The zero-order chi connectivity index (χ0) is 17.6. The molecule has 1 saturated heterocycles. The van der Waals surface area contributed by atoms with E-state index in [2.05, 4.69) is 10.1 Å². The Balaban J connectivity index is 1.79. The van der Waals surface area contributed by atoms with E-state index in [0.29, 0.717) is 13.0 Å². The lowest BCUT2D eigenvalue weighted by molar-refractivity contribution is -0.160. The molecule has 1 heterocycles. The predicted octanol–water partition coefficient (Wildman–Crippen LogP) is 2.51. The molecule has 2 amide bonds. The maximum atomic E-state index is 12.2. The van der Waals surface area contributed by atoms with Gasteiger partial charge in [-0.05, 0) is 24.8 Å². The van der Waals surface area contributed by atoms with Crippen molar-refractivity contribution in [2.24, 2.45) is 0 Å². The van der Waals surface area contributed by atoms with Crippen LogP contribution < -0.4 is 5.32 Å². The second-order valence-electron chi connectivity index (χ2n) is 5.62. The van der Waals surface area contributed by atoms with Gasteiger partial charge in [-0.1, -0.05) is 30.3 Å². The van der Waals surface area contributed by atoms with E-state index >= 15 is 0 Å². The fraction of sp³-hybridized carbons (Fsp3) is 0.500. The van der Waals surface area contributed by atoms with Crippen molar-refractivity contribution in [3.8, 4) is 0 Å². The van der Waals surface area contributed by atoms with Gasteiger partial charge in [0.1, 0.15) is 6.54 Å². The summed E-state index contributed by atoms with van der Waals surface area (Å²) in [6.45, 7) is -1.47. The number of nitrogens with one attached hydrogen (secondary N) is 1. The molecule has 0 aliphatic carbocycles. The molecule has 1 aliphatic rings. The van der Waals surface area contributed by atoms with Gasteiger partial charge in [0.15, 0.2) is 6.61 Å². The topological polar surface area (TPSA) is 58.6 Å². The van der Waals surface area contributed by atoms with Gasteiger partial charge in [0, 0.05) is 12.6 Å². The number of halogens is 3. The molecule has 8 heteroatoms. The smallest absolute Gasteiger partial charge is 0.422 e. The molecule has 1 N–H and O–H groups in total. The molecule has 0 unspecified atom stereocenters. The molecule has 24 heavy (non-hydrogen) atoms. The molecule has 0 spiro atoms. The number of carbonyl (C=O) groups is 2. The molecule has 1 aromatic carbocycles. The highest BCUT2D eigenvalue weighted by Crippen LogP contribution is 2.21. The Labute approximate surface area is 137 Å². The van der Waals surface area contributed by atoms with Crippen LogP contribution in [0, 0.1) is 0 Å². The summed E-state index contributed by atoms with van der Waals surface area (Å²) < 4.78 is 39.8. The predicted molar refractivity (Wildman–Crippen MR) is 80.3 cm³/mol. The Bertz CT molecular complexity index is 563. The third kappa shape index (κ3) is 5.75. The lowest BCUT2D eigenvalue weighted by atomic mass is 10.0. The van der Waals surface area contributed by atoms with Gasteiger partial charge in [-0.25, -0.2) is 4.79 Å². The second kappa shape index (κ2) is 8.03. The highest BCUT2D eigenvalue weighted by molar-refractivity contribution is 5.82. The van der Waals surface area contributed by atoms with Crippen LogP contribution in [0.3, 0.4) is 0 Å². The van der Waals surface area contributed by atoms with Gasteiger partial charge in [-0.2, -0.15) is 13.2 Å². The Kier molecular flexibility index (Phi) is 6.05. The maximum absolute atomic E-state index is 12.2. The minimum atomic E-state index is -4.59. The lowest BCUT2D eigenvalue weighted by Crippen LogP contribution is -2.43. The number of hydrogen-bond donors (Lipinski definition) is 1. The van der Waals surface area contributed by atoms with E-state index in [1.807, 2.05) is 30.3 Å². The average Bonchev–Trinajstić information content (AvgIpc) is 2.99. The van der Waals surface area contributed by atoms with Gasteiger partial charge >= 0.3 is 12.3 Å². The SMILES string of the molecule is O=C(NCC(=O)N1CCC[C@@H]1Cc1ccccc1)OCC(F)(F)F. The highest BCUT2D eigenvalue weighted by Gasteiger charge is 2.31. The molecule has 1 aromatic rings. The standard InChI is InChI=1S/C16H19F3N2O3/c17-16(18,19)11-24-15(23)20-10-14(22)21-8-4-7-13(21)9-12-5-2-1-3-6-12/h1-3,5-6,13H,4,7-11H2,(H,20,23)/t13-/m1/s1. The molecule has 2 rings (SSSR count). The molecule has 1 atom stereocenters. The molecule has 0 aromatic heterocycles. The van der Waals surface area contributed by atoms with Crippen LogP contribution in [0.5, 0.6) is 0 Å². The van der Waals surface area contributed by atoms with E-state index in [1.54, 1.807) is 4.90 Å². The molecular formula is C16H19F3N2O3. The number of alkyl carbamates (subject to hydrolysis) is 1. The van der Waals surface area contributed by atoms with Crippen molar-refractivity contribution in [3.63, 3.8) is 0 Å². The summed E-state index contributed by atoms with van der Waals surface area (Å²) >= 11 is 0. The normalized spacial score (nSPS) is 17.6. The van der Waals surface area contributed by atoms with Crippen molar-refractivity contribution in [2.75, 3.05) is 19.7 Å². The molecule has 1 aliphatic heterocycles. The van der Waals surface area contributed by atoms with E-state index in [1.165, 1.54) is 0 Å². The van der Waals surface area contributed by atoms with Gasteiger partial charge in [0.05, 0.1) is 0 Å². The Morgan fingerprint density at radius 3 is 2.62 bits per heavy atom. The first-order valence-corrected chi connectivity index (χ1v) is 7.66. The summed E-state index contributed by atoms with van der Waals surface area (Å²) in [7, 11) is 0. The largest absolute Gasteiger partial charge is 0.440 e. The van der Waals surface area contributed by atoms with Crippen molar-refractivity contribution in [3.05, 3.63) is 35.9 Å². The lowest BCUT2D eigenvalue weighted by Gasteiger charge is -2.25. The summed E-state index contributed by atoms with van der Waals surface area (Å²) in [5.74, 6) is -0.322. The Morgan fingerprint density at radius 2 is 1.96 bits per heavy atom. The first-order chi connectivity index (χ1) is 11.3. The number of ether oxygens (including phenoxy) is 1. The van der Waals surface area contributed by atoms with E-state index in [9.17, 15) is 22.8 Å². The summed E-state index contributed by atoms with van der Waals surface area (Å²) in [4.78, 5) is 25.0. The van der Waals surface area contributed by atoms with Crippen LogP contribution in [-0.4, -0.2) is 48.8 Å². The molecule has 132 valence electrons. The molecule has 1 fully saturated rings. The maximum Gasteiger partial charge on any atom is 0.422 e. The number of likely N-dealkylation sites (tertiary alicyclic amines) is 1. The number of amides is 2. The van der Waals surface area contributed by atoms with Crippen molar-refractivity contribution < 1.29 is 27.5 Å². The molecule has 0 saturated carbocycles. The van der Waals surface area contributed by atoms with Crippen LogP contribution in [0.2, 0.25) is 0 Å². The van der Waals surface area contributed by atoms with Gasteiger partial charge in [0.2, 0.25) is 5.91 Å². The molecule has 0 radical (unpaired) electrons. The Hall–Kier alpha value is -2.25. The summed E-state index contributed by atoms with van der Waals surface area (Å²) in [6.07, 6.45) is -3.40. The fourth-order valence-corrected chi connectivity index (χ4v) is 2.71. The minimum absolute atomic E-state index is 0.0351. The molecule has 0 bridgehead atoms. The first-order valence-electron chi connectivity index (χ1n) is 7.66. The number of benzene rings is 1. The zero-order valence-corrected chi connectivity index (χ0v) is 13.0. The number of alkyl halides is 3. The summed E-state index contributed by atoms with van der Waals surface area (Å²) in [6, 6.07) is 9.76. The zero-order valence-electron chi connectivity index (χ0n) is 13.0. The summed E-state index contributed by atoms with van der Waals surface area (Å²) in [5.41, 5.74) is 1.11. The van der Waals surface area contributed by atoms with Crippen LogP contribution in [0.4, 0.5) is 18.0 Å². The summed E-state index contributed by atoms with van der Waals surface area (Å²) in [5, 5.41) is 2.06. The average molecular weight is 344 g/mol.